The van der Waals surface area contributed by atoms with Crippen molar-refractivity contribution in [2.75, 3.05) is 32.2 Å². The number of aromatic nitrogens is 2. The highest BCUT2D eigenvalue weighted by Crippen LogP contribution is 2.26. The van der Waals surface area contributed by atoms with E-state index >= 15 is 0 Å². The third-order valence-corrected chi connectivity index (χ3v) is 5.45. The molecule has 31 heavy (non-hydrogen) atoms. The second-order valence-corrected chi connectivity index (χ2v) is 7.47. The highest BCUT2D eigenvalue weighted by molar-refractivity contribution is 5.97. The summed E-state index contributed by atoms with van der Waals surface area (Å²) in [5, 5.41) is 10.5. The molecule has 0 bridgehead atoms. The van der Waals surface area contributed by atoms with Gasteiger partial charge in [0.2, 0.25) is 0 Å². The molecule has 162 valence electrons. The van der Waals surface area contributed by atoms with Crippen LogP contribution in [0.25, 0.3) is 11.3 Å². The highest BCUT2D eigenvalue weighted by Gasteiger charge is 2.25. The summed E-state index contributed by atoms with van der Waals surface area (Å²) in [6.45, 7) is 1.50. The van der Waals surface area contributed by atoms with Crippen molar-refractivity contribution in [1.29, 1.82) is 0 Å². The number of halogens is 1. The van der Waals surface area contributed by atoms with E-state index in [1.165, 1.54) is 19.2 Å². The second-order valence-electron chi connectivity index (χ2n) is 7.47. The van der Waals surface area contributed by atoms with Crippen LogP contribution in [-0.4, -0.2) is 49.5 Å². The van der Waals surface area contributed by atoms with E-state index in [9.17, 15) is 9.18 Å². The van der Waals surface area contributed by atoms with Gasteiger partial charge in [0.1, 0.15) is 17.3 Å². The maximum Gasteiger partial charge on any atom is 0.255 e. The fourth-order valence-corrected chi connectivity index (χ4v) is 3.80. The molecule has 3 aromatic rings. The molecule has 2 heterocycles. The van der Waals surface area contributed by atoms with Gasteiger partial charge < -0.3 is 19.7 Å². The second kappa shape index (κ2) is 9.07. The molecule has 1 fully saturated rings. The first-order chi connectivity index (χ1) is 15.1. The minimum atomic E-state index is -0.272. The Hall–Kier alpha value is -3.55. The number of amides is 1. The van der Waals surface area contributed by atoms with Crippen LogP contribution in [0.1, 0.15) is 23.2 Å². The third kappa shape index (κ3) is 4.63. The Morgan fingerprint density at radius 2 is 1.97 bits per heavy atom. The Kier molecular flexibility index (Phi) is 6.06. The summed E-state index contributed by atoms with van der Waals surface area (Å²) in [6, 6.07) is 13.4. The number of rotatable bonds is 6. The topological polar surface area (TPSA) is 79.5 Å². The highest BCUT2D eigenvalue weighted by atomic mass is 19.1. The number of nitrogens with one attached hydrogen (secondary N) is 2. The molecule has 1 atom stereocenters. The molecule has 0 radical (unpaired) electrons. The molecule has 1 aromatic heterocycles. The van der Waals surface area contributed by atoms with Gasteiger partial charge in [0.25, 0.3) is 5.91 Å². The number of hydrogen-bond donors (Lipinski definition) is 2. The lowest BCUT2D eigenvalue weighted by atomic mass is 10.0. The van der Waals surface area contributed by atoms with E-state index in [2.05, 4.69) is 20.4 Å². The lowest BCUT2D eigenvalue weighted by molar-refractivity contribution is 0.0930. The average molecular weight is 424 g/mol. The lowest BCUT2D eigenvalue weighted by Crippen LogP contribution is -2.48. The average Bonchev–Trinajstić information content (AvgIpc) is 3.29. The van der Waals surface area contributed by atoms with Gasteiger partial charge in [0.05, 0.1) is 25.5 Å². The van der Waals surface area contributed by atoms with Crippen molar-refractivity contribution in [3.05, 3.63) is 59.9 Å². The van der Waals surface area contributed by atoms with Crippen LogP contribution < -0.4 is 19.7 Å². The predicted octanol–water partition coefficient (Wildman–Crippen LogP) is 3.63. The van der Waals surface area contributed by atoms with E-state index in [4.69, 9.17) is 9.47 Å². The molecule has 1 aliphatic heterocycles. The standard InChI is InChI=1S/C23H25FN4O3/c1-30-18-9-10-19(21(12-18)31-2)23(29)25-17-4-3-11-28(14-17)22-13-20(26-27-22)15-5-7-16(24)8-6-15/h5-10,12-13,17H,3-4,11,14H2,1-2H3,(H,25,29)(H,26,27)/t17-/m0/s1. The molecule has 0 aliphatic carbocycles. The van der Waals surface area contributed by atoms with Crippen LogP contribution in [-0.2, 0) is 0 Å². The molecule has 0 spiro atoms. The van der Waals surface area contributed by atoms with Crippen LogP contribution in [0.2, 0.25) is 0 Å². The number of hydrogen-bond acceptors (Lipinski definition) is 5. The summed E-state index contributed by atoms with van der Waals surface area (Å²) in [6.07, 6.45) is 1.82. The van der Waals surface area contributed by atoms with Crippen molar-refractivity contribution in [1.82, 2.24) is 15.5 Å². The van der Waals surface area contributed by atoms with E-state index in [0.717, 1.165) is 36.5 Å². The van der Waals surface area contributed by atoms with Crippen LogP contribution >= 0.6 is 0 Å². The van der Waals surface area contributed by atoms with Gasteiger partial charge in [-0.1, -0.05) is 0 Å². The molecular weight excluding hydrogens is 399 g/mol. The number of methoxy groups -OCH3 is 2. The summed E-state index contributed by atoms with van der Waals surface area (Å²) < 4.78 is 23.7. The first-order valence-electron chi connectivity index (χ1n) is 10.2. The molecule has 0 saturated carbocycles. The van der Waals surface area contributed by atoms with Crippen LogP contribution in [0.5, 0.6) is 11.5 Å². The van der Waals surface area contributed by atoms with Gasteiger partial charge in [-0.3, -0.25) is 9.89 Å². The van der Waals surface area contributed by atoms with Crippen LogP contribution in [0.3, 0.4) is 0 Å². The van der Waals surface area contributed by atoms with Gasteiger partial charge >= 0.3 is 0 Å². The number of nitrogens with zero attached hydrogens (tertiary/aromatic N) is 2. The van der Waals surface area contributed by atoms with E-state index < -0.39 is 0 Å². The Labute approximate surface area is 180 Å². The SMILES string of the molecule is COc1ccc(C(=O)N[C@H]2CCCN(c3cc(-c4ccc(F)cc4)[nH]n3)C2)c(OC)c1. The van der Waals surface area contributed by atoms with Gasteiger partial charge in [-0.05, 0) is 54.8 Å². The number of carbonyl (C=O) groups is 1. The number of aromatic amines is 1. The molecule has 1 aliphatic rings. The van der Waals surface area contributed by atoms with Crippen molar-refractivity contribution >= 4 is 11.7 Å². The molecule has 0 unspecified atom stereocenters. The van der Waals surface area contributed by atoms with Crippen LogP contribution in [0.15, 0.2) is 48.5 Å². The van der Waals surface area contributed by atoms with Gasteiger partial charge in [0.15, 0.2) is 5.82 Å². The molecule has 2 aromatic carbocycles. The van der Waals surface area contributed by atoms with E-state index in [1.807, 2.05) is 6.07 Å². The Morgan fingerprint density at radius 3 is 2.71 bits per heavy atom. The maximum absolute atomic E-state index is 13.2. The fraction of sp³-hybridized carbons (Fsp3) is 0.304. The van der Waals surface area contributed by atoms with Crippen molar-refractivity contribution < 1.29 is 18.7 Å². The lowest BCUT2D eigenvalue weighted by Gasteiger charge is -2.33. The summed E-state index contributed by atoms with van der Waals surface area (Å²) in [4.78, 5) is 15.0. The van der Waals surface area contributed by atoms with Crippen molar-refractivity contribution in [3.63, 3.8) is 0 Å². The van der Waals surface area contributed by atoms with Crippen molar-refractivity contribution in [2.24, 2.45) is 0 Å². The maximum atomic E-state index is 13.2. The van der Waals surface area contributed by atoms with E-state index in [1.54, 1.807) is 37.4 Å². The number of H-pyrrole nitrogens is 1. The van der Waals surface area contributed by atoms with Crippen LogP contribution in [0, 0.1) is 5.82 Å². The number of carbonyl (C=O) groups excluding carboxylic acids is 1. The predicted molar refractivity (Wildman–Crippen MR) is 116 cm³/mol. The largest absolute Gasteiger partial charge is 0.497 e. The Morgan fingerprint density at radius 1 is 1.16 bits per heavy atom. The summed E-state index contributed by atoms with van der Waals surface area (Å²) in [7, 11) is 3.10. The van der Waals surface area contributed by atoms with Gasteiger partial charge in [-0.25, -0.2) is 4.39 Å². The Balaban J connectivity index is 1.43. The molecule has 8 heteroatoms. The normalized spacial score (nSPS) is 16.1. The zero-order chi connectivity index (χ0) is 21.8. The van der Waals surface area contributed by atoms with Crippen molar-refractivity contribution in [2.45, 2.75) is 18.9 Å². The van der Waals surface area contributed by atoms with E-state index in [-0.39, 0.29) is 17.8 Å². The third-order valence-electron chi connectivity index (χ3n) is 5.45. The minimum Gasteiger partial charge on any atom is -0.497 e. The first-order valence-corrected chi connectivity index (χ1v) is 10.2. The first kappa shape index (κ1) is 20.7. The quantitative estimate of drug-likeness (QED) is 0.632. The molecule has 1 amide bonds. The molecular formula is C23H25FN4O3. The zero-order valence-corrected chi connectivity index (χ0v) is 17.5. The van der Waals surface area contributed by atoms with Crippen molar-refractivity contribution in [3.8, 4) is 22.8 Å². The van der Waals surface area contributed by atoms with Gasteiger partial charge in [-0.15, -0.1) is 0 Å². The molecule has 4 rings (SSSR count). The molecule has 2 N–H and O–H groups in total. The summed E-state index contributed by atoms with van der Waals surface area (Å²) in [5.41, 5.74) is 2.16. The fourth-order valence-electron chi connectivity index (χ4n) is 3.80. The zero-order valence-electron chi connectivity index (χ0n) is 17.5. The van der Waals surface area contributed by atoms with Gasteiger partial charge in [0, 0.05) is 31.3 Å². The number of anilines is 1. The number of piperidine rings is 1. The number of benzene rings is 2. The summed E-state index contributed by atoms with van der Waals surface area (Å²) >= 11 is 0. The van der Waals surface area contributed by atoms with E-state index in [0.29, 0.717) is 23.6 Å². The van der Waals surface area contributed by atoms with Gasteiger partial charge in [-0.2, -0.15) is 5.10 Å². The number of ether oxygens (including phenoxy) is 2. The monoisotopic (exact) mass is 424 g/mol. The molecule has 1 saturated heterocycles. The summed E-state index contributed by atoms with van der Waals surface area (Å²) in [5.74, 6) is 1.46. The molecule has 7 nitrogen and oxygen atoms in total. The van der Waals surface area contributed by atoms with Crippen LogP contribution in [0.4, 0.5) is 10.2 Å². The Bertz CT molecular complexity index is 1050. The minimum absolute atomic E-state index is 0.0148. The smallest absolute Gasteiger partial charge is 0.255 e.